The van der Waals surface area contributed by atoms with Crippen molar-refractivity contribution >= 4 is 27.7 Å². The molecule has 208 valence electrons. The van der Waals surface area contributed by atoms with E-state index in [1.54, 1.807) is 30.3 Å². The molecule has 38 heavy (non-hydrogen) atoms. The number of primary sulfonamides is 1. The Balaban J connectivity index is 1.97. The molecule has 0 saturated carbocycles. The molecular formula is C26H36FN5O5S. The minimum atomic E-state index is -3.84. The van der Waals surface area contributed by atoms with Crippen LogP contribution >= 0.6 is 0 Å². The Hall–Kier alpha value is -3.19. The summed E-state index contributed by atoms with van der Waals surface area (Å²) in [6, 6.07) is 12.2. The molecule has 0 aliphatic carbocycles. The number of hydrogen-bond acceptors (Lipinski definition) is 7. The molecule has 2 rings (SSSR count). The Morgan fingerprint density at radius 3 is 2.21 bits per heavy atom. The summed E-state index contributed by atoms with van der Waals surface area (Å²) in [5.41, 5.74) is 1.20. The third-order valence-corrected chi connectivity index (χ3v) is 6.49. The molecule has 12 heteroatoms. The van der Waals surface area contributed by atoms with Crippen LogP contribution in [-0.4, -0.2) is 70.3 Å². The van der Waals surface area contributed by atoms with Crippen LogP contribution in [0.1, 0.15) is 25.0 Å². The number of nitrogens with one attached hydrogen (secondary N) is 3. The molecule has 2 aromatic carbocycles. The van der Waals surface area contributed by atoms with Crippen LogP contribution in [0.5, 0.6) is 0 Å². The lowest BCUT2D eigenvalue weighted by Gasteiger charge is -2.22. The first-order valence-corrected chi connectivity index (χ1v) is 13.9. The van der Waals surface area contributed by atoms with Crippen molar-refractivity contribution in [2.75, 3.05) is 39.3 Å². The van der Waals surface area contributed by atoms with Crippen molar-refractivity contribution < 1.29 is 27.2 Å². The Labute approximate surface area is 223 Å². The summed E-state index contributed by atoms with van der Waals surface area (Å²) in [6.45, 7) is 4.53. The zero-order valence-electron chi connectivity index (χ0n) is 21.7. The van der Waals surface area contributed by atoms with Gasteiger partial charge in [-0.25, -0.2) is 17.9 Å². The topological polar surface area (TPSA) is 151 Å². The number of imide groups is 1. The molecule has 0 unspecified atom stereocenters. The average Bonchev–Trinajstić information content (AvgIpc) is 2.86. The molecule has 10 nitrogen and oxygen atoms in total. The van der Waals surface area contributed by atoms with Gasteiger partial charge < -0.3 is 16.0 Å². The van der Waals surface area contributed by atoms with Gasteiger partial charge in [0.15, 0.2) is 0 Å². The van der Waals surface area contributed by atoms with Crippen LogP contribution in [-0.2, 0) is 37.2 Å². The van der Waals surface area contributed by atoms with Gasteiger partial charge in [-0.05, 0) is 61.2 Å². The molecule has 2 aromatic rings. The zero-order valence-corrected chi connectivity index (χ0v) is 22.5. The van der Waals surface area contributed by atoms with Crippen LogP contribution < -0.4 is 21.1 Å². The maximum absolute atomic E-state index is 13.8. The summed E-state index contributed by atoms with van der Waals surface area (Å²) >= 11 is 0. The molecule has 0 saturated heterocycles. The van der Waals surface area contributed by atoms with Crippen molar-refractivity contribution in [3.8, 4) is 0 Å². The number of carbonyl (C=O) groups excluding carboxylic acids is 3. The van der Waals surface area contributed by atoms with Crippen LogP contribution in [0.15, 0.2) is 53.4 Å². The highest BCUT2D eigenvalue weighted by atomic mass is 32.2. The van der Waals surface area contributed by atoms with Gasteiger partial charge in [0.2, 0.25) is 27.7 Å². The zero-order chi connectivity index (χ0) is 28.1. The quantitative estimate of drug-likeness (QED) is 0.237. The van der Waals surface area contributed by atoms with Crippen molar-refractivity contribution in [2.45, 2.75) is 31.6 Å². The fraction of sp³-hybridized carbons (Fsp3) is 0.423. The lowest BCUT2D eigenvalue weighted by molar-refractivity contribution is -0.144. The predicted molar refractivity (Wildman–Crippen MR) is 142 cm³/mol. The number of amides is 3. The van der Waals surface area contributed by atoms with Gasteiger partial charge in [0.05, 0.1) is 24.5 Å². The normalized spacial score (nSPS) is 11.4. The second-order valence-electron chi connectivity index (χ2n) is 9.20. The van der Waals surface area contributed by atoms with Crippen LogP contribution in [0, 0.1) is 11.7 Å². The molecule has 0 aromatic heterocycles. The lowest BCUT2D eigenvalue weighted by Crippen LogP contribution is -2.48. The molecule has 0 radical (unpaired) electrons. The predicted octanol–water partition coefficient (Wildman–Crippen LogP) is 0.565. The van der Waals surface area contributed by atoms with Gasteiger partial charge in [0.1, 0.15) is 5.82 Å². The number of hydrogen-bond donors (Lipinski definition) is 4. The molecule has 0 aliphatic rings. The SMILES string of the molecule is CC(C)CNCC(=O)NCC(=O)N(CCc1ccc(S(N)(=O)=O)cc1)C(=O)CNCCc1ccccc1F. The molecule has 0 atom stereocenters. The standard InChI is InChI=1S/C26H36FN5O5S/c1-19(2)15-30-16-24(33)31-18-26(35)32(14-12-20-7-9-22(10-8-20)38(28,36)37)25(34)17-29-13-11-21-5-3-4-6-23(21)27/h3-10,19,29-30H,11-18H2,1-2H3,(H,31,33)(H2,28,36,37). The van der Waals surface area contributed by atoms with Gasteiger partial charge in [0, 0.05) is 6.54 Å². The third-order valence-electron chi connectivity index (χ3n) is 5.56. The van der Waals surface area contributed by atoms with Gasteiger partial charge in [0.25, 0.3) is 0 Å². The van der Waals surface area contributed by atoms with E-state index in [1.807, 2.05) is 13.8 Å². The first-order chi connectivity index (χ1) is 18.0. The number of sulfonamides is 1. The van der Waals surface area contributed by atoms with E-state index in [9.17, 15) is 27.2 Å². The summed E-state index contributed by atoms with van der Waals surface area (Å²) in [7, 11) is -3.84. The van der Waals surface area contributed by atoms with Crippen LogP contribution in [0.3, 0.4) is 0 Å². The first-order valence-electron chi connectivity index (χ1n) is 12.3. The smallest absolute Gasteiger partial charge is 0.248 e. The second-order valence-corrected chi connectivity index (χ2v) is 10.8. The number of halogens is 1. The summed E-state index contributed by atoms with van der Waals surface area (Å²) in [6.07, 6.45) is 0.630. The van der Waals surface area contributed by atoms with Crippen molar-refractivity contribution in [1.29, 1.82) is 0 Å². The molecular weight excluding hydrogens is 513 g/mol. The fourth-order valence-electron chi connectivity index (χ4n) is 3.50. The maximum Gasteiger partial charge on any atom is 0.248 e. The summed E-state index contributed by atoms with van der Waals surface area (Å²) in [5.74, 6) is -1.42. The van der Waals surface area contributed by atoms with E-state index in [-0.39, 0.29) is 49.2 Å². The highest BCUT2D eigenvalue weighted by Gasteiger charge is 2.21. The Kier molecular flexibility index (Phi) is 12.5. The first kappa shape index (κ1) is 31.0. The number of nitrogens with two attached hydrogens (primary N) is 1. The van der Waals surface area contributed by atoms with E-state index < -0.39 is 21.8 Å². The van der Waals surface area contributed by atoms with Gasteiger partial charge in [-0.3, -0.25) is 19.3 Å². The van der Waals surface area contributed by atoms with Crippen molar-refractivity contribution in [3.63, 3.8) is 0 Å². The molecule has 0 aliphatic heterocycles. The van der Waals surface area contributed by atoms with Crippen LogP contribution in [0.25, 0.3) is 0 Å². The maximum atomic E-state index is 13.8. The summed E-state index contributed by atoms with van der Waals surface area (Å²) in [4.78, 5) is 38.8. The Bertz CT molecular complexity index is 1190. The molecule has 5 N–H and O–H groups in total. The average molecular weight is 550 g/mol. The highest BCUT2D eigenvalue weighted by Crippen LogP contribution is 2.10. The number of benzene rings is 2. The van der Waals surface area contributed by atoms with E-state index in [0.717, 1.165) is 4.90 Å². The lowest BCUT2D eigenvalue weighted by atomic mass is 10.1. The molecule has 3 amide bonds. The highest BCUT2D eigenvalue weighted by molar-refractivity contribution is 7.89. The second kappa shape index (κ2) is 15.3. The molecule has 0 heterocycles. The minimum absolute atomic E-state index is 0.0167. The minimum Gasteiger partial charge on any atom is -0.346 e. The fourth-order valence-corrected chi connectivity index (χ4v) is 4.01. The number of nitrogens with zero attached hydrogens (tertiary/aromatic N) is 1. The van der Waals surface area contributed by atoms with Gasteiger partial charge >= 0.3 is 0 Å². The van der Waals surface area contributed by atoms with Crippen LogP contribution in [0.4, 0.5) is 4.39 Å². The van der Waals surface area contributed by atoms with Gasteiger partial charge in [-0.1, -0.05) is 44.2 Å². The monoisotopic (exact) mass is 549 g/mol. The van der Waals surface area contributed by atoms with E-state index in [0.29, 0.717) is 36.6 Å². The Morgan fingerprint density at radius 2 is 1.58 bits per heavy atom. The molecule has 0 spiro atoms. The van der Waals surface area contributed by atoms with Crippen LogP contribution in [0.2, 0.25) is 0 Å². The van der Waals surface area contributed by atoms with E-state index >= 15 is 0 Å². The largest absolute Gasteiger partial charge is 0.346 e. The van der Waals surface area contributed by atoms with Crippen molar-refractivity contribution in [3.05, 3.63) is 65.5 Å². The van der Waals surface area contributed by atoms with E-state index in [2.05, 4.69) is 16.0 Å². The van der Waals surface area contributed by atoms with Crippen molar-refractivity contribution in [2.24, 2.45) is 11.1 Å². The van der Waals surface area contributed by atoms with Gasteiger partial charge in [-0.15, -0.1) is 0 Å². The third kappa shape index (κ3) is 11.1. The summed E-state index contributed by atoms with van der Waals surface area (Å²) < 4.78 is 36.7. The Morgan fingerprint density at radius 1 is 0.921 bits per heavy atom. The van der Waals surface area contributed by atoms with Crippen molar-refractivity contribution in [1.82, 2.24) is 20.9 Å². The number of rotatable bonds is 15. The van der Waals surface area contributed by atoms with E-state index in [4.69, 9.17) is 5.14 Å². The number of carbonyl (C=O) groups is 3. The van der Waals surface area contributed by atoms with E-state index in [1.165, 1.54) is 18.2 Å². The van der Waals surface area contributed by atoms with Gasteiger partial charge in [-0.2, -0.15) is 0 Å². The molecule has 0 bridgehead atoms. The summed E-state index contributed by atoms with van der Waals surface area (Å²) in [5, 5.41) is 13.6. The molecule has 0 fully saturated rings.